The van der Waals surface area contributed by atoms with Crippen molar-refractivity contribution in [2.45, 2.75) is 30.4 Å². The summed E-state index contributed by atoms with van der Waals surface area (Å²) < 4.78 is 27.3. The highest BCUT2D eigenvalue weighted by atomic mass is 35.5. The first-order chi connectivity index (χ1) is 14.8. The molecule has 0 aromatic heterocycles. The van der Waals surface area contributed by atoms with Crippen molar-refractivity contribution in [3.8, 4) is 0 Å². The van der Waals surface area contributed by atoms with Crippen molar-refractivity contribution in [2.75, 3.05) is 25.4 Å². The van der Waals surface area contributed by atoms with Crippen molar-refractivity contribution in [3.05, 3.63) is 63.6 Å². The van der Waals surface area contributed by atoms with Gasteiger partial charge in [0.1, 0.15) is 0 Å². The average molecular weight is 502 g/mol. The molecule has 2 aromatic carbocycles. The summed E-state index contributed by atoms with van der Waals surface area (Å²) in [5.41, 5.74) is 1.90. The summed E-state index contributed by atoms with van der Waals surface area (Å²) in [7, 11) is -3.59. The zero-order chi connectivity index (χ0) is 22.4. The Morgan fingerprint density at radius 2 is 1.84 bits per heavy atom. The minimum Gasteiger partial charge on any atom is -0.355 e. The van der Waals surface area contributed by atoms with Crippen LogP contribution in [0.2, 0.25) is 10.0 Å². The zero-order valence-electron chi connectivity index (χ0n) is 17.3. The SMILES string of the molecule is Cc1ccc(S(=O)(=O)N2CCC[C@H](C(=O)NCCSCc3c(Cl)cccc3Cl)C2)cc1. The average Bonchev–Trinajstić information content (AvgIpc) is 2.75. The predicted molar refractivity (Wildman–Crippen MR) is 128 cm³/mol. The number of thioether (sulfide) groups is 1. The second-order valence-corrected chi connectivity index (χ2v) is 11.4. The maximum Gasteiger partial charge on any atom is 0.243 e. The summed E-state index contributed by atoms with van der Waals surface area (Å²) in [4.78, 5) is 12.9. The maximum atomic E-state index is 12.9. The molecule has 0 saturated carbocycles. The largest absolute Gasteiger partial charge is 0.355 e. The highest BCUT2D eigenvalue weighted by molar-refractivity contribution is 7.98. The van der Waals surface area contributed by atoms with Crippen molar-refractivity contribution in [1.82, 2.24) is 9.62 Å². The number of hydrogen-bond donors (Lipinski definition) is 1. The lowest BCUT2D eigenvalue weighted by Crippen LogP contribution is -2.45. The van der Waals surface area contributed by atoms with Gasteiger partial charge in [0.25, 0.3) is 0 Å². The van der Waals surface area contributed by atoms with Crippen LogP contribution in [0.15, 0.2) is 47.4 Å². The molecule has 0 radical (unpaired) electrons. The van der Waals surface area contributed by atoms with Crippen molar-refractivity contribution in [3.63, 3.8) is 0 Å². The fourth-order valence-corrected chi connectivity index (χ4v) is 6.59. The molecule has 5 nitrogen and oxygen atoms in total. The normalized spacial score (nSPS) is 17.5. The van der Waals surface area contributed by atoms with Gasteiger partial charge in [0.05, 0.1) is 10.8 Å². The van der Waals surface area contributed by atoms with Crippen LogP contribution in [0, 0.1) is 12.8 Å². The van der Waals surface area contributed by atoms with Gasteiger partial charge in [-0.25, -0.2) is 8.42 Å². The number of nitrogens with zero attached hydrogens (tertiary/aromatic N) is 1. The smallest absolute Gasteiger partial charge is 0.243 e. The van der Waals surface area contributed by atoms with Gasteiger partial charge in [-0.1, -0.05) is 47.0 Å². The molecule has 1 heterocycles. The molecule has 3 rings (SSSR count). The number of carbonyl (C=O) groups is 1. The minimum absolute atomic E-state index is 0.0971. The van der Waals surface area contributed by atoms with E-state index in [2.05, 4.69) is 5.32 Å². The molecular formula is C22H26Cl2N2O3S2. The number of hydrogen-bond acceptors (Lipinski definition) is 4. The molecule has 1 atom stereocenters. The van der Waals surface area contributed by atoms with E-state index in [0.29, 0.717) is 47.5 Å². The summed E-state index contributed by atoms with van der Waals surface area (Å²) in [6, 6.07) is 12.2. The van der Waals surface area contributed by atoms with Crippen molar-refractivity contribution >= 4 is 50.9 Å². The number of nitrogens with one attached hydrogen (secondary N) is 1. The summed E-state index contributed by atoms with van der Waals surface area (Å²) in [6.45, 7) is 3.07. The third-order valence-corrected chi connectivity index (χ3v) is 8.84. The predicted octanol–water partition coefficient (Wildman–Crippen LogP) is 4.75. The Bertz CT molecular complexity index is 994. The fourth-order valence-electron chi connectivity index (χ4n) is 3.47. The van der Waals surface area contributed by atoms with Crippen LogP contribution in [0.4, 0.5) is 0 Å². The summed E-state index contributed by atoms with van der Waals surface area (Å²) in [5.74, 6) is 0.948. The number of benzene rings is 2. The van der Waals surface area contributed by atoms with Crippen LogP contribution < -0.4 is 5.32 Å². The molecule has 2 aromatic rings. The third-order valence-electron chi connectivity index (χ3n) is 5.27. The van der Waals surface area contributed by atoms with E-state index in [1.165, 1.54) is 4.31 Å². The minimum atomic E-state index is -3.59. The van der Waals surface area contributed by atoms with E-state index < -0.39 is 10.0 Å². The molecule has 168 valence electrons. The van der Waals surface area contributed by atoms with E-state index in [9.17, 15) is 13.2 Å². The molecule has 1 aliphatic heterocycles. The van der Waals surface area contributed by atoms with Gasteiger partial charge in [0.15, 0.2) is 0 Å². The van der Waals surface area contributed by atoms with E-state index in [0.717, 1.165) is 11.1 Å². The van der Waals surface area contributed by atoms with Gasteiger partial charge in [-0.05, 0) is 49.6 Å². The quantitative estimate of drug-likeness (QED) is 0.530. The van der Waals surface area contributed by atoms with Crippen LogP contribution in [0.25, 0.3) is 0 Å². The Hall–Kier alpha value is -1.25. The fraction of sp³-hybridized carbons (Fsp3) is 0.409. The maximum absolute atomic E-state index is 12.9. The van der Waals surface area contributed by atoms with E-state index in [1.54, 1.807) is 36.0 Å². The monoisotopic (exact) mass is 500 g/mol. The summed E-state index contributed by atoms with van der Waals surface area (Å²) >= 11 is 14.0. The van der Waals surface area contributed by atoms with Gasteiger partial charge in [-0.3, -0.25) is 4.79 Å². The van der Waals surface area contributed by atoms with Crippen LogP contribution in [0.3, 0.4) is 0 Å². The Labute approximate surface area is 198 Å². The van der Waals surface area contributed by atoms with Crippen LogP contribution in [-0.2, 0) is 20.6 Å². The highest BCUT2D eigenvalue weighted by Gasteiger charge is 2.33. The van der Waals surface area contributed by atoms with E-state index in [-0.39, 0.29) is 23.3 Å². The molecule has 1 amide bonds. The Morgan fingerprint density at radius 3 is 2.52 bits per heavy atom. The van der Waals surface area contributed by atoms with Crippen molar-refractivity contribution in [2.24, 2.45) is 5.92 Å². The van der Waals surface area contributed by atoms with Crippen LogP contribution in [0.5, 0.6) is 0 Å². The van der Waals surface area contributed by atoms with Gasteiger partial charge >= 0.3 is 0 Å². The molecule has 0 bridgehead atoms. The first-order valence-electron chi connectivity index (χ1n) is 10.1. The molecule has 31 heavy (non-hydrogen) atoms. The van der Waals surface area contributed by atoms with Gasteiger partial charge in [-0.2, -0.15) is 16.1 Å². The number of amides is 1. The van der Waals surface area contributed by atoms with Crippen molar-refractivity contribution in [1.29, 1.82) is 0 Å². The van der Waals surface area contributed by atoms with Crippen molar-refractivity contribution < 1.29 is 13.2 Å². The molecule has 0 unspecified atom stereocenters. The molecule has 1 saturated heterocycles. The van der Waals surface area contributed by atoms with Gasteiger partial charge in [-0.15, -0.1) is 0 Å². The standard InChI is InChI=1S/C22H26Cl2N2O3S2/c1-16-7-9-18(10-8-16)31(28,29)26-12-3-4-17(14-26)22(27)25-11-13-30-15-19-20(23)5-2-6-21(19)24/h2,5-10,17H,3-4,11-15H2,1H3,(H,25,27)/t17-/m0/s1. The molecule has 0 spiro atoms. The van der Waals surface area contributed by atoms with E-state index in [4.69, 9.17) is 23.2 Å². The lowest BCUT2D eigenvalue weighted by Gasteiger charge is -2.31. The third kappa shape index (κ3) is 6.39. The molecule has 0 aliphatic carbocycles. The Balaban J connectivity index is 1.48. The van der Waals surface area contributed by atoms with Gasteiger partial charge in [0.2, 0.25) is 15.9 Å². The number of aryl methyl sites for hydroxylation is 1. The van der Waals surface area contributed by atoms with Gasteiger partial charge in [0, 0.05) is 41.2 Å². The van der Waals surface area contributed by atoms with E-state index in [1.807, 2.05) is 25.1 Å². The van der Waals surface area contributed by atoms with E-state index >= 15 is 0 Å². The number of halogens is 2. The zero-order valence-corrected chi connectivity index (χ0v) is 20.5. The second-order valence-electron chi connectivity index (χ2n) is 7.56. The summed E-state index contributed by atoms with van der Waals surface area (Å²) in [6.07, 6.45) is 1.36. The Morgan fingerprint density at radius 1 is 1.16 bits per heavy atom. The van der Waals surface area contributed by atoms with Crippen LogP contribution >= 0.6 is 35.0 Å². The second kappa shape index (κ2) is 11.1. The molecule has 1 aliphatic rings. The number of sulfonamides is 1. The summed E-state index contributed by atoms with van der Waals surface area (Å²) in [5, 5.41) is 4.22. The first-order valence-corrected chi connectivity index (χ1v) is 13.5. The lowest BCUT2D eigenvalue weighted by atomic mass is 9.99. The number of piperidine rings is 1. The first kappa shape index (κ1) is 24.4. The van der Waals surface area contributed by atoms with Crippen LogP contribution in [0.1, 0.15) is 24.0 Å². The van der Waals surface area contributed by atoms with Gasteiger partial charge < -0.3 is 5.32 Å². The molecular weight excluding hydrogens is 475 g/mol. The van der Waals surface area contributed by atoms with Crippen LogP contribution in [-0.4, -0.2) is 44.0 Å². The highest BCUT2D eigenvalue weighted by Crippen LogP contribution is 2.28. The number of carbonyl (C=O) groups excluding carboxylic acids is 1. The topological polar surface area (TPSA) is 66.5 Å². The molecule has 9 heteroatoms. The Kier molecular flexibility index (Phi) is 8.70. The number of rotatable bonds is 8. The molecule has 1 fully saturated rings. The lowest BCUT2D eigenvalue weighted by molar-refractivity contribution is -0.125. The molecule has 1 N–H and O–H groups in total.